The molecule has 6 heteroatoms. The molecule has 0 radical (unpaired) electrons. The van der Waals surface area contributed by atoms with Gasteiger partial charge in [0.15, 0.2) is 0 Å². The number of nitrogens with one attached hydrogen (secondary N) is 1. The predicted molar refractivity (Wildman–Crippen MR) is 93.6 cm³/mol. The third-order valence-electron chi connectivity index (χ3n) is 3.12. The first-order valence-corrected chi connectivity index (χ1v) is 7.75. The molecule has 0 spiro atoms. The number of oxime groups is 1. The van der Waals surface area contributed by atoms with Crippen LogP contribution < -0.4 is 5.32 Å². The highest BCUT2D eigenvalue weighted by Gasteiger charge is 2.06. The van der Waals surface area contributed by atoms with Crippen molar-refractivity contribution in [3.05, 3.63) is 64.1 Å². The summed E-state index contributed by atoms with van der Waals surface area (Å²) in [5.41, 5.74) is 3.20. The SMILES string of the molecule is COC(=O)Nc1ccccc1CON=C(C)c1ccc(Br)cc1. The molecule has 0 saturated heterocycles. The lowest BCUT2D eigenvalue weighted by Crippen LogP contribution is -2.12. The molecular formula is C17H17BrN2O3. The zero-order valence-corrected chi connectivity index (χ0v) is 14.5. The van der Waals surface area contributed by atoms with E-state index in [9.17, 15) is 4.79 Å². The third kappa shape index (κ3) is 5.10. The first kappa shape index (κ1) is 17.0. The summed E-state index contributed by atoms with van der Waals surface area (Å²) < 4.78 is 5.61. The van der Waals surface area contributed by atoms with Crippen molar-refractivity contribution in [2.75, 3.05) is 12.4 Å². The van der Waals surface area contributed by atoms with E-state index in [-0.39, 0.29) is 6.61 Å². The number of benzene rings is 2. The number of nitrogens with zero attached hydrogens (tertiary/aromatic N) is 1. The van der Waals surface area contributed by atoms with Crippen molar-refractivity contribution >= 4 is 33.4 Å². The van der Waals surface area contributed by atoms with E-state index in [2.05, 4.69) is 31.1 Å². The maximum atomic E-state index is 11.3. The molecule has 23 heavy (non-hydrogen) atoms. The Morgan fingerprint density at radius 2 is 1.87 bits per heavy atom. The topological polar surface area (TPSA) is 59.9 Å². The molecule has 2 aromatic carbocycles. The maximum absolute atomic E-state index is 11.3. The molecule has 2 aromatic rings. The van der Waals surface area contributed by atoms with E-state index in [1.165, 1.54) is 7.11 Å². The molecule has 0 heterocycles. The monoisotopic (exact) mass is 376 g/mol. The number of carbonyl (C=O) groups excluding carboxylic acids is 1. The summed E-state index contributed by atoms with van der Waals surface area (Å²) in [5.74, 6) is 0. The fraction of sp³-hybridized carbons (Fsp3) is 0.176. The van der Waals surface area contributed by atoms with Gasteiger partial charge >= 0.3 is 6.09 Å². The van der Waals surface area contributed by atoms with Gasteiger partial charge in [-0.1, -0.05) is 51.4 Å². The zero-order valence-electron chi connectivity index (χ0n) is 12.9. The highest BCUT2D eigenvalue weighted by molar-refractivity contribution is 9.10. The second-order valence-corrected chi connectivity index (χ2v) is 5.65. The highest BCUT2D eigenvalue weighted by Crippen LogP contribution is 2.17. The van der Waals surface area contributed by atoms with Crippen LogP contribution in [0.15, 0.2) is 58.2 Å². The highest BCUT2D eigenvalue weighted by atomic mass is 79.9. The molecule has 0 bridgehead atoms. The molecule has 0 saturated carbocycles. The van der Waals surface area contributed by atoms with Gasteiger partial charge < -0.3 is 9.57 Å². The normalized spacial score (nSPS) is 11.0. The van der Waals surface area contributed by atoms with Crippen LogP contribution in [0, 0.1) is 0 Å². The number of methoxy groups -OCH3 is 1. The van der Waals surface area contributed by atoms with Crippen LogP contribution in [0.5, 0.6) is 0 Å². The Morgan fingerprint density at radius 1 is 1.17 bits per heavy atom. The minimum atomic E-state index is -0.521. The minimum absolute atomic E-state index is 0.244. The fourth-order valence-electron chi connectivity index (χ4n) is 1.87. The van der Waals surface area contributed by atoms with Crippen LogP contribution in [0.1, 0.15) is 18.1 Å². The van der Waals surface area contributed by atoms with Crippen molar-refractivity contribution in [1.29, 1.82) is 0 Å². The Labute approximate surface area is 143 Å². The van der Waals surface area contributed by atoms with Crippen LogP contribution in [0.3, 0.4) is 0 Å². The number of rotatable bonds is 5. The molecule has 1 N–H and O–H groups in total. The summed E-state index contributed by atoms with van der Waals surface area (Å²) in [6, 6.07) is 15.1. The second kappa shape index (κ2) is 8.33. The van der Waals surface area contributed by atoms with Crippen molar-refractivity contribution in [1.82, 2.24) is 0 Å². The van der Waals surface area contributed by atoms with Crippen LogP contribution in [-0.2, 0) is 16.2 Å². The number of halogens is 1. The average Bonchev–Trinajstić information content (AvgIpc) is 2.56. The Morgan fingerprint density at radius 3 is 2.57 bits per heavy atom. The van der Waals surface area contributed by atoms with Gasteiger partial charge in [-0.05, 0) is 30.7 Å². The number of hydrogen-bond acceptors (Lipinski definition) is 4. The number of hydrogen-bond donors (Lipinski definition) is 1. The van der Waals surface area contributed by atoms with Crippen LogP contribution in [0.2, 0.25) is 0 Å². The molecule has 0 aliphatic carbocycles. The summed E-state index contributed by atoms with van der Waals surface area (Å²) in [4.78, 5) is 16.7. The van der Waals surface area contributed by atoms with Crippen LogP contribution >= 0.6 is 15.9 Å². The molecule has 5 nitrogen and oxygen atoms in total. The van der Waals surface area contributed by atoms with E-state index in [1.54, 1.807) is 6.07 Å². The number of amides is 1. The molecule has 0 unspecified atom stereocenters. The van der Waals surface area contributed by atoms with Crippen molar-refractivity contribution in [2.24, 2.45) is 5.16 Å². The van der Waals surface area contributed by atoms with Gasteiger partial charge in [0, 0.05) is 10.0 Å². The van der Waals surface area contributed by atoms with Gasteiger partial charge in [0.1, 0.15) is 6.61 Å². The lowest BCUT2D eigenvalue weighted by molar-refractivity contribution is 0.131. The largest absolute Gasteiger partial charge is 0.453 e. The number of carbonyl (C=O) groups is 1. The molecule has 120 valence electrons. The van der Waals surface area contributed by atoms with Gasteiger partial charge in [0.25, 0.3) is 0 Å². The van der Waals surface area contributed by atoms with Crippen molar-refractivity contribution in [3.63, 3.8) is 0 Å². The van der Waals surface area contributed by atoms with Gasteiger partial charge in [-0.3, -0.25) is 5.32 Å². The third-order valence-corrected chi connectivity index (χ3v) is 3.65. The van der Waals surface area contributed by atoms with Crippen molar-refractivity contribution in [3.8, 4) is 0 Å². The molecule has 0 atom stereocenters. The van der Waals surface area contributed by atoms with Crippen LogP contribution in [0.4, 0.5) is 10.5 Å². The fourth-order valence-corrected chi connectivity index (χ4v) is 2.14. The molecule has 0 aliphatic rings. The molecule has 0 aromatic heterocycles. The molecule has 0 fully saturated rings. The Kier molecular flexibility index (Phi) is 6.17. The zero-order chi connectivity index (χ0) is 16.7. The van der Waals surface area contributed by atoms with Gasteiger partial charge in [-0.25, -0.2) is 4.79 Å². The smallest absolute Gasteiger partial charge is 0.411 e. The standard InChI is InChI=1S/C17H17BrN2O3/c1-12(13-7-9-15(18)10-8-13)20-23-11-14-5-3-4-6-16(14)19-17(21)22-2/h3-10H,11H2,1-2H3,(H,19,21). The first-order chi connectivity index (χ1) is 11.1. The van der Waals surface area contributed by atoms with Gasteiger partial charge in [-0.15, -0.1) is 0 Å². The lowest BCUT2D eigenvalue weighted by Gasteiger charge is -2.09. The Hall–Kier alpha value is -2.34. The Balaban J connectivity index is 2.02. The van der Waals surface area contributed by atoms with E-state index in [0.717, 1.165) is 21.3 Å². The van der Waals surface area contributed by atoms with Crippen molar-refractivity contribution in [2.45, 2.75) is 13.5 Å². The summed E-state index contributed by atoms with van der Waals surface area (Å²) in [6.07, 6.45) is -0.521. The van der Waals surface area contributed by atoms with E-state index in [0.29, 0.717) is 5.69 Å². The van der Waals surface area contributed by atoms with Crippen LogP contribution in [0.25, 0.3) is 0 Å². The molecule has 2 rings (SSSR count). The van der Waals surface area contributed by atoms with E-state index < -0.39 is 6.09 Å². The Bertz CT molecular complexity index is 699. The number of ether oxygens (including phenoxy) is 1. The van der Waals surface area contributed by atoms with Gasteiger partial charge in [0.05, 0.1) is 18.5 Å². The lowest BCUT2D eigenvalue weighted by atomic mass is 10.1. The quantitative estimate of drug-likeness (QED) is 0.614. The predicted octanol–water partition coefficient (Wildman–Crippen LogP) is 4.57. The van der Waals surface area contributed by atoms with Crippen LogP contribution in [-0.4, -0.2) is 18.9 Å². The summed E-state index contributed by atoms with van der Waals surface area (Å²) in [6.45, 7) is 2.12. The molecular weight excluding hydrogens is 360 g/mol. The molecule has 0 aliphatic heterocycles. The summed E-state index contributed by atoms with van der Waals surface area (Å²) >= 11 is 3.40. The molecule has 1 amide bonds. The van der Waals surface area contributed by atoms with Crippen molar-refractivity contribution < 1.29 is 14.4 Å². The van der Waals surface area contributed by atoms with Gasteiger partial charge in [-0.2, -0.15) is 0 Å². The van der Waals surface area contributed by atoms with Gasteiger partial charge in [0.2, 0.25) is 0 Å². The maximum Gasteiger partial charge on any atom is 0.411 e. The summed E-state index contributed by atoms with van der Waals surface area (Å²) in [5, 5.41) is 6.76. The number of anilines is 1. The number of para-hydroxylation sites is 1. The second-order valence-electron chi connectivity index (χ2n) is 4.73. The van der Waals surface area contributed by atoms with E-state index >= 15 is 0 Å². The summed E-state index contributed by atoms with van der Waals surface area (Å²) in [7, 11) is 1.32. The average molecular weight is 377 g/mol. The first-order valence-electron chi connectivity index (χ1n) is 6.95. The van der Waals surface area contributed by atoms with E-state index in [4.69, 9.17) is 4.84 Å². The minimum Gasteiger partial charge on any atom is -0.453 e. The van der Waals surface area contributed by atoms with E-state index in [1.807, 2.05) is 49.4 Å².